The fourth-order valence-electron chi connectivity index (χ4n) is 3.65. The van der Waals surface area contributed by atoms with Crippen LogP contribution in [0.5, 0.6) is 0 Å². The summed E-state index contributed by atoms with van der Waals surface area (Å²) in [5.41, 5.74) is -0.811. The van der Waals surface area contributed by atoms with Crippen LogP contribution in [0.1, 0.15) is 11.1 Å². The summed E-state index contributed by atoms with van der Waals surface area (Å²) in [7, 11) is -6.16. The largest absolute Gasteiger partial charge is 0.427 e. The Morgan fingerprint density at radius 1 is 0.649 bits per heavy atom. The van der Waals surface area contributed by atoms with Gasteiger partial charge in [-0.2, -0.15) is 52.7 Å². The van der Waals surface area contributed by atoms with Gasteiger partial charge in [0, 0.05) is 12.3 Å². The SMILES string of the molecule is O=C(NC(C(F)(F)F)(C(F)(F)F)P(=O)(Cc1ccccc1)Cc1ccccc1)C(C(F)(F)F)C(F)(F)F. The van der Waals surface area contributed by atoms with Crippen LogP contribution in [0.15, 0.2) is 60.7 Å². The van der Waals surface area contributed by atoms with E-state index in [1.165, 1.54) is 12.1 Å². The van der Waals surface area contributed by atoms with Gasteiger partial charge in [-0.25, -0.2) is 0 Å². The molecule has 2 rings (SSSR count). The molecule has 0 bridgehead atoms. The highest BCUT2D eigenvalue weighted by molar-refractivity contribution is 7.64. The van der Waals surface area contributed by atoms with E-state index < -0.39 is 72.4 Å². The molecule has 206 valence electrons. The van der Waals surface area contributed by atoms with Crippen molar-refractivity contribution >= 4 is 13.0 Å². The van der Waals surface area contributed by atoms with Crippen LogP contribution in [-0.4, -0.2) is 35.9 Å². The van der Waals surface area contributed by atoms with Gasteiger partial charge in [0.05, 0.1) is 0 Å². The second-order valence-corrected chi connectivity index (χ2v) is 11.0. The number of alkyl halides is 12. The maximum absolute atomic E-state index is 14.3. The first kappa shape index (κ1) is 30.5. The molecule has 0 aromatic heterocycles. The summed E-state index contributed by atoms with van der Waals surface area (Å²) in [5, 5.41) is -6.06. The molecule has 0 aliphatic rings. The number of halogens is 12. The molecule has 2 aromatic carbocycles. The van der Waals surface area contributed by atoms with Gasteiger partial charge in [-0.15, -0.1) is 0 Å². The van der Waals surface area contributed by atoms with Crippen molar-refractivity contribution in [3.05, 3.63) is 71.8 Å². The van der Waals surface area contributed by atoms with Crippen LogP contribution in [-0.2, 0) is 21.7 Å². The van der Waals surface area contributed by atoms with Gasteiger partial charge in [0.25, 0.3) is 5.28 Å². The van der Waals surface area contributed by atoms with Gasteiger partial charge in [0.15, 0.2) is 0 Å². The van der Waals surface area contributed by atoms with E-state index >= 15 is 0 Å². The molecule has 0 saturated carbocycles. The molecule has 0 aliphatic heterocycles. The average Bonchev–Trinajstić information content (AvgIpc) is 2.69. The Labute approximate surface area is 201 Å². The molecule has 16 heteroatoms. The number of rotatable bonds is 7. The van der Waals surface area contributed by atoms with E-state index in [0.717, 1.165) is 48.5 Å². The fraction of sp³-hybridized carbons (Fsp3) is 0.381. The maximum Gasteiger partial charge on any atom is 0.427 e. The standard InChI is InChI=1S/C21H16F12NO2P/c22-17(23,24)15(18(25,26)27)16(35)34-19(20(28,29)30,21(31,32)33)37(36,11-13-7-3-1-4-8-13)12-14-9-5-2-6-10-14/h1-10,15H,11-12H2,(H,34,35). The predicted molar refractivity (Wildman–Crippen MR) is 106 cm³/mol. The van der Waals surface area contributed by atoms with Crippen molar-refractivity contribution in [2.75, 3.05) is 0 Å². The molecule has 1 amide bonds. The second kappa shape index (κ2) is 10.2. The Hall–Kier alpha value is -2.70. The van der Waals surface area contributed by atoms with Crippen LogP contribution in [0, 0.1) is 5.92 Å². The molecule has 0 radical (unpaired) electrons. The van der Waals surface area contributed by atoms with Crippen molar-refractivity contribution < 1.29 is 62.0 Å². The van der Waals surface area contributed by atoms with E-state index in [0.29, 0.717) is 0 Å². The maximum atomic E-state index is 14.3. The zero-order valence-corrected chi connectivity index (χ0v) is 19.0. The van der Waals surface area contributed by atoms with Crippen LogP contribution in [0.2, 0.25) is 0 Å². The summed E-state index contributed by atoms with van der Waals surface area (Å²) in [5.74, 6) is -8.96. The molecule has 2 aromatic rings. The zero-order valence-electron chi connectivity index (χ0n) is 18.1. The summed E-state index contributed by atoms with van der Waals surface area (Å²) < 4.78 is 178. The number of hydrogen-bond donors (Lipinski definition) is 1. The fourth-order valence-corrected chi connectivity index (χ4v) is 7.08. The number of carbonyl (C=O) groups is 1. The van der Waals surface area contributed by atoms with Crippen molar-refractivity contribution in [1.82, 2.24) is 5.32 Å². The minimum absolute atomic E-state index is 0.0873. The molecule has 0 fully saturated rings. The Morgan fingerprint density at radius 2 is 0.973 bits per heavy atom. The normalized spacial score (nSPS) is 14.1. The lowest BCUT2D eigenvalue weighted by Gasteiger charge is -2.44. The van der Waals surface area contributed by atoms with Crippen LogP contribution < -0.4 is 5.32 Å². The van der Waals surface area contributed by atoms with Crippen molar-refractivity contribution in [3.63, 3.8) is 0 Å². The van der Waals surface area contributed by atoms with E-state index in [4.69, 9.17) is 0 Å². The van der Waals surface area contributed by atoms with E-state index in [1.54, 1.807) is 0 Å². The zero-order chi connectivity index (χ0) is 28.5. The third-order valence-corrected chi connectivity index (χ3v) is 8.81. The summed E-state index contributed by atoms with van der Waals surface area (Å²) in [6.45, 7) is 0. The van der Waals surface area contributed by atoms with E-state index in [1.807, 2.05) is 0 Å². The van der Waals surface area contributed by atoms with Crippen LogP contribution in [0.4, 0.5) is 52.7 Å². The topological polar surface area (TPSA) is 46.2 Å². The molecule has 0 unspecified atom stereocenters. The number of benzene rings is 2. The summed E-state index contributed by atoms with van der Waals surface area (Å²) in [4.78, 5) is 12.0. The van der Waals surface area contributed by atoms with Crippen LogP contribution >= 0.6 is 7.14 Å². The molecule has 37 heavy (non-hydrogen) atoms. The van der Waals surface area contributed by atoms with Crippen molar-refractivity contribution in [1.29, 1.82) is 0 Å². The predicted octanol–water partition coefficient (Wildman–Crippen LogP) is 7.43. The first-order valence-electron chi connectivity index (χ1n) is 9.91. The monoisotopic (exact) mass is 573 g/mol. The highest BCUT2D eigenvalue weighted by Crippen LogP contribution is 2.71. The average molecular weight is 573 g/mol. The molecular formula is C21H16F12NO2P. The van der Waals surface area contributed by atoms with Crippen molar-refractivity contribution in [3.8, 4) is 0 Å². The van der Waals surface area contributed by atoms with Gasteiger partial charge >= 0.3 is 24.7 Å². The lowest BCUT2D eigenvalue weighted by atomic mass is 10.1. The van der Waals surface area contributed by atoms with Gasteiger partial charge in [-0.05, 0) is 11.1 Å². The lowest BCUT2D eigenvalue weighted by Crippen LogP contribution is -2.69. The molecule has 0 saturated heterocycles. The Kier molecular flexibility index (Phi) is 8.43. The second-order valence-electron chi connectivity index (χ2n) is 7.89. The minimum atomic E-state index is -6.85. The Bertz CT molecular complexity index is 1040. The molecule has 0 heterocycles. The van der Waals surface area contributed by atoms with Gasteiger partial charge in [-0.1, -0.05) is 60.7 Å². The molecule has 3 nitrogen and oxygen atoms in total. The summed E-state index contributed by atoms with van der Waals surface area (Å²) in [6.07, 6.45) is -30.1. The van der Waals surface area contributed by atoms with E-state index in [2.05, 4.69) is 0 Å². The quantitative estimate of drug-likeness (QED) is 0.277. The van der Waals surface area contributed by atoms with Gasteiger partial charge in [-0.3, -0.25) is 4.79 Å². The van der Waals surface area contributed by atoms with Crippen molar-refractivity contribution in [2.24, 2.45) is 5.92 Å². The molecule has 1 N–H and O–H groups in total. The highest BCUT2D eigenvalue weighted by Gasteiger charge is 2.80. The Morgan fingerprint density at radius 3 is 1.24 bits per heavy atom. The Balaban J connectivity index is 2.88. The van der Waals surface area contributed by atoms with E-state index in [9.17, 15) is 62.0 Å². The number of carbonyl (C=O) groups excluding carboxylic acids is 1. The van der Waals surface area contributed by atoms with Crippen LogP contribution in [0.25, 0.3) is 0 Å². The third-order valence-electron chi connectivity index (χ3n) is 5.21. The van der Waals surface area contributed by atoms with Gasteiger partial charge in [0.1, 0.15) is 7.14 Å². The van der Waals surface area contributed by atoms with Gasteiger partial charge in [0.2, 0.25) is 11.8 Å². The number of nitrogens with one attached hydrogen (secondary N) is 1. The summed E-state index contributed by atoms with van der Waals surface area (Å²) >= 11 is 0. The number of amides is 1. The molecular weight excluding hydrogens is 557 g/mol. The highest BCUT2D eigenvalue weighted by atomic mass is 31.2. The first-order chi connectivity index (χ1) is 16.7. The third kappa shape index (κ3) is 6.42. The number of hydrogen-bond acceptors (Lipinski definition) is 2. The minimum Gasteiger partial charge on any atom is -0.328 e. The lowest BCUT2D eigenvalue weighted by molar-refractivity contribution is -0.290. The molecule has 0 spiro atoms. The van der Waals surface area contributed by atoms with Crippen LogP contribution in [0.3, 0.4) is 0 Å². The van der Waals surface area contributed by atoms with Gasteiger partial charge < -0.3 is 9.88 Å². The smallest absolute Gasteiger partial charge is 0.328 e. The molecule has 0 aliphatic carbocycles. The molecule has 0 atom stereocenters. The van der Waals surface area contributed by atoms with Crippen molar-refractivity contribution in [2.45, 2.75) is 42.3 Å². The van der Waals surface area contributed by atoms with E-state index in [-0.39, 0.29) is 5.32 Å². The first-order valence-corrected chi connectivity index (χ1v) is 12.0. The summed E-state index contributed by atoms with van der Waals surface area (Å²) in [6, 6.07) is 11.0.